The van der Waals surface area contributed by atoms with Gasteiger partial charge in [-0.3, -0.25) is 0 Å². The lowest BCUT2D eigenvalue weighted by molar-refractivity contribution is 0.477. The van der Waals surface area contributed by atoms with E-state index in [2.05, 4.69) is 157 Å². The van der Waals surface area contributed by atoms with E-state index < -0.39 is 0 Å². The normalized spacial score (nSPS) is 12.2. The maximum absolute atomic E-state index is 6.74. The van der Waals surface area contributed by atoms with Crippen LogP contribution < -0.4 is 9.64 Å². The summed E-state index contributed by atoms with van der Waals surface area (Å²) in [7, 11) is 0. The summed E-state index contributed by atoms with van der Waals surface area (Å²) < 4.78 is 6.74. The Kier molecular flexibility index (Phi) is 5.39. The number of rotatable bonds is 3. The van der Waals surface area contributed by atoms with Gasteiger partial charge in [-0.2, -0.15) is 0 Å². The summed E-state index contributed by atoms with van der Waals surface area (Å²) in [6.07, 6.45) is 0. The monoisotopic (exact) mass is 525 g/mol. The zero-order valence-electron chi connectivity index (χ0n) is 22.7. The summed E-state index contributed by atoms with van der Waals surface area (Å²) >= 11 is 0. The fourth-order valence-corrected chi connectivity index (χ4v) is 5.97. The molecule has 1 aliphatic rings. The van der Waals surface area contributed by atoms with Crippen LogP contribution in [0.4, 0.5) is 17.1 Å². The fraction of sp³-hybridized carbons (Fsp3) is 0.0256. The van der Waals surface area contributed by atoms with Gasteiger partial charge in [0.15, 0.2) is 11.5 Å². The third-order valence-corrected chi connectivity index (χ3v) is 8.10. The van der Waals surface area contributed by atoms with Crippen molar-refractivity contribution in [1.82, 2.24) is 0 Å². The Hall–Kier alpha value is -5.34. The average molecular weight is 526 g/mol. The minimum atomic E-state index is 0.846. The SMILES string of the molecule is Cc1ccc(N2c3ccc(-c4ccc5ccccc5c4)cc3Oc3cc(-c4cccc5ccccc45)ccc32)cc1. The quantitative estimate of drug-likeness (QED) is 0.227. The minimum absolute atomic E-state index is 0.846. The van der Waals surface area contributed by atoms with Gasteiger partial charge >= 0.3 is 0 Å². The van der Waals surface area contributed by atoms with E-state index in [1.165, 1.54) is 38.2 Å². The van der Waals surface area contributed by atoms with E-state index in [4.69, 9.17) is 4.74 Å². The van der Waals surface area contributed by atoms with E-state index in [-0.39, 0.29) is 0 Å². The molecule has 8 rings (SSSR count). The molecule has 0 N–H and O–H groups in total. The lowest BCUT2D eigenvalue weighted by Crippen LogP contribution is -2.16. The molecule has 0 aliphatic carbocycles. The minimum Gasteiger partial charge on any atom is -0.453 e. The van der Waals surface area contributed by atoms with Crippen molar-refractivity contribution in [3.8, 4) is 33.8 Å². The molecule has 0 aromatic heterocycles. The van der Waals surface area contributed by atoms with E-state index in [0.717, 1.165) is 39.7 Å². The highest BCUT2D eigenvalue weighted by atomic mass is 16.5. The molecule has 0 spiro atoms. The summed E-state index contributed by atoms with van der Waals surface area (Å²) in [5, 5.41) is 4.94. The molecule has 1 aliphatic heterocycles. The molecule has 7 aromatic rings. The molecule has 0 bridgehead atoms. The highest BCUT2D eigenvalue weighted by Gasteiger charge is 2.27. The van der Waals surface area contributed by atoms with Gasteiger partial charge in [-0.15, -0.1) is 0 Å². The Morgan fingerprint density at radius 1 is 0.463 bits per heavy atom. The topological polar surface area (TPSA) is 12.5 Å². The van der Waals surface area contributed by atoms with Crippen molar-refractivity contribution < 1.29 is 4.74 Å². The molecule has 194 valence electrons. The van der Waals surface area contributed by atoms with Crippen molar-refractivity contribution >= 4 is 38.6 Å². The van der Waals surface area contributed by atoms with Crippen LogP contribution in [0.3, 0.4) is 0 Å². The molecule has 0 amide bonds. The Balaban J connectivity index is 1.28. The van der Waals surface area contributed by atoms with Crippen molar-refractivity contribution in [2.45, 2.75) is 6.92 Å². The molecule has 0 saturated carbocycles. The number of aryl methyl sites for hydroxylation is 1. The van der Waals surface area contributed by atoms with Crippen molar-refractivity contribution in [2.24, 2.45) is 0 Å². The molecular weight excluding hydrogens is 498 g/mol. The van der Waals surface area contributed by atoms with Crippen LogP contribution in [0, 0.1) is 6.92 Å². The summed E-state index contributed by atoms with van der Waals surface area (Å²) in [6, 6.07) is 52.0. The maximum atomic E-state index is 6.74. The number of nitrogens with zero attached hydrogens (tertiary/aromatic N) is 1. The second-order valence-electron chi connectivity index (χ2n) is 10.7. The average Bonchev–Trinajstić information content (AvgIpc) is 3.03. The van der Waals surface area contributed by atoms with Gasteiger partial charge in [0.2, 0.25) is 0 Å². The van der Waals surface area contributed by atoms with E-state index in [0.29, 0.717) is 0 Å². The first-order valence-corrected chi connectivity index (χ1v) is 14.0. The molecule has 0 unspecified atom stereocenters. The molecular formula is C39H27NO. The summed E-state index contributed by atoms with van der Waals surface area (Å²) in [6.45, 7) is 2.12. The van der Waals surface area contributed by atoms with Crippen molar-refractivity contribution in [1.29, 1.82) is 0 Å². The molecule has 0 saturated heterocycles. The third-order valence-electron chi connectivity index (χ3n) is 8.10. The van der Waals surface area contributed by atoms with Crippen LogP contribution in [0.25, 0.3) is 43.8 Å². The number of anilines is 3. The van der Waals surface area contributed by atoms with Crippen LogP contribution in [0.1, 0.15) is 5.56 Å². The molecule has 2 heteroatoms. The number of hydrogen-bond acceptors (Lipinski definition) is 2. The van der Waals surface area contributed by atoms with Crippen LogP contribution in [0.2, 0.25) is 0 Å². The number of fused-ring (bicyclic) bond motifs is 4. The largest absolute Gasteiger partial charge is 0.453 e. The predicted molar refractivity (Wildman–Crippen MR) is 172 cm³/mol. The van der Waals surface area contributed by atoms with E-state index in [1.807, 2.05) is 0 Å². The molecule has 2 nitrogen and oxygen atoms in total. The molecule has 0 radical (unpaired) electrons. The van der Waals surface area contributed by atoms with Gasteiger partial charge in [0, 0.05) is 5.69 Å². The first-order chi connectivity index (χ1) is 20.2. The van der Waals surface area contributed by atoms with Gasteiger partial charge in [-0.25, -0.2) is 0 Å². The summed E-state index contributed by atoms with van der Waals surface area (Å²) in [5.41, 5.74) is 9.05. The third kappa shape index (κ3) is 4.04. The highest BCUT2D eigenvalue weighted by Crippen LogP contribution is 2.52. The van der Waals surface area contributed by atoms with E-state index in [1.54, 1.807) is 0 Å². The van der Waals surface area contributed by atoms with Gasteiger partial charge in [0.1, 0.15) is 0 Å². The number of benzene rings is 7. The van der Waals surface area contributed by atoms with Crippen LogP contribution in [-0.2, 0) is 0 Å². The van der Waals surface area contributed by atoms with Crippen LogP contribution in [0.5, 0.6) is 11.5 Å². The van der Waals surface area contributed by atoms with E-state index >= 15 is 0 Å². The van der Waals surface area contributed by atoms with Gasteiger partial charge in [0.05, 0.1) is 11.4 Å². The first-order valence-electron chi connectivity index (χ1n) is 14.0. The summed E-state index contributed by atoms with van der Waals surface area (Å²) in [4.78, 5) is 2.31. The smallest absolute Gasteiger partial charge is 0.152 e. The molecule has 0 atom stereocenters. The maximum Gasteiger partial charge on any atom is 0.152 e. The van der Waals surface area contributed by atoms with Gasteiger partial charge in [0.25, 0.3) is 0 Å². The summed E-state index contributed by atoms with van der Waals surface area (Å²) in [5.74, 6) is 1.69. The van der Waals surface area contributed by atoms with Crippen molar-refractivity contribution in [3.05, 3.63) is 151 Å². The highest BCUT2D eigenvalue weighted by molar-refractivity contribution is 5.98. The van der Waals surface area contributed by atoms with Gasteiger partial charge in [-0.05, 0) is 93.2 Å². The van der Waals surface area contributed by atoms with Crippen LogP contribution in [0.15, 0.2) is 146 Å². The molecule has 41 heavy (non-hydrogen) atoms. The molecule has 7 aromatic carbocycles. The first kappa shape index (κ1) is 23.5. The fourth-order valence-electron chi connectivity index (χ4n) is 5.97. The number of hydrogen-bond donors (Lipinski definition) is 0. The van der Waals surface area contributed by atoms with E-state index in [9.17, 15) is 0 Å². The van der Waals surface area contributed by atoms with Gasteiger partial charge < -0.3 is 9.64 Å². The lowest BCUT2D eigenvalue weighted by Gasteiger charge is -2.33. The molecule has 1 heterocycles. The Morgan fingerprint density at radius 3 is 1.88 bits per heavy atom. The second kappa shape index (κ2) is 9.39. The van der Waals surface area contributed by atoms with Crippen LogP contribution >= 0.6 is 0 Å². The molecule has 0 fully saturated rings. The Labute approximate surface area is 239 Å². The Bertz CT molecular complexity index is 2090. The van der Waals surface area contributed by atoms with Crippen molar-refractivity contribution in [3.63, 3.8) is 0 Å². The second-order valence-corrected chi connectivity index (χ2v) is 10.7. The number of ether oxygens (including phenoxy) is 1. The zero-order chi connectivity index (χ0) is 27.3. The predicted octanol–water partition coefficient (Wildman–Crippen LogP) is 11.2. The standard InChI is InChI=1S/C39H27NO/c1-26-13-19-33(20-14-26)40-36-21-17-31(30-16-15-27-7-2-3-9-29(27)23-30)24-38(36)41-39-25-32(18-22-37(39)40)35-12-6-10-28-8-4-5-11-34(28)35/h2-25H,1H3. The van der Waals surface area contributed by atoms with Gasteiger partial charge in [-0.1, -0.05) is 109 Å². The van der Waals surface area contributed by atoms with Crippen LogP contribution in [-0.4, -0.2) is 0 Å². The lowest BCUT2D eigenvalue weighted by atomic mass is 9.97. The van der Waals surface area contributed by atoms with Crippen molar-refractivity contribution in [2.75, 3.05) is 4.90 Å². The Morgan fingerprint density at radius 2 is 1.07 bits per heavy atom. The zero-order valence-corrected chi connectivity index (χ0v) is 22.7.